The zero-order valence-electron chi connectivity index (χ0n) is 15.3. The second kappa shape index (κ2) is 7.91. The molecule has 0 spiro atoms. The zero-order valence-corrected chi connectivity index (χ0v) is 15.3. The van der Waals surface area contributed by atoms with Gasteiger partial charge in [0.2, 0.25) is 5.75 Å². The molecule has 1 unspecified atom stereocenters. The van der Waals surface area contributed by atoms with Gasteiger partial charge in [-0.25, -0.2) is 0 Å². The number of phenolic OH excluding ortho intramolecular Hbond substituents is 1. The molecule has 0 radical (unpaired) electrons. The smallest absolute Gasteiger partial charge is 0.311 e. The minimum absolute atomic E-state index is 0.0419. The van der Waals surface area contributed by atoms with Gasteiger partial charge in [0.25, 0.3) is 0 Å². The van der Waals surface area contributed by atoms with Crippen molar-refractivity contribution in [1.29, 1.82) is 0 Å². The van der Waals surface area contributed by atoms with E-state index < -0.39 is 4.92 Å². The van der Waals surface area contributed by atoms with Crippen LogP contribution in [0.5, 0.6) is 17.2 Å². The molecule has 0 aliphatic carbocycles. The predicted octanol–water partition coefficient (Wildman–Crippen LogP) is 5.75. The van der Waals surface area contributed by atoms with Gasteiger partial charge >= 0.3 is 5.69 Å². The molecule has 27 heavy (non-hydrogen) atoms. The lowest BCUT2D eigenvalue weighted by atomic mass is 9.94. The van der Waals surface area contributed by atoms with Crippen LogP contribution < -0.4 is 4.74 Å². The predicted molar refractivity (Wildman–Crippen MR) is 105 cm³/mol. The van der Waals surface area contributed by atoms with Crippen molar-refractivity contribution in [3.63, 3.8) is 0 Å². The molecular weight excluding hydrogens is 342 g/mol. The molecular formula is C22H21NO4. The third kappa shape index (κ3) is 4.64. The Hall–Kier alpha value is -3.34. The second-order valence-electron chi connectivity index (χ2n) is 6.67. The number of hydrogen-bond donors (Lipinski definition) is 1. The van der Waals surface area contributed by atoms with E-state index in [0.29, 0.717) is 5.75 Å². The molecule has 0 fully saturated rings. The maximum atomic E-state index is 11.2. The fourth-order valence-corrected chi connectivity index (χ4v) is 2.95. The van der Waals surface area contributed by atoms with Crippen molar-refractivity contribution in [3.05, 3.63) is 93.5 Å². The van der Waals surface area contributed by atoms with Crippen LogP contribution >= 0.6 is 0 Å². The molecule has 3 rings (SSSR count). The van der Waals surface area contributed by atoms with Crippen LogP contribution in [0, 0.1) is 17.0 Å². The average molecular weight is 363 g/mol. The van der Waals surface area contributed by atoms with Gasteiger partial charge in [0.1, 0.15) is 11.5 Å². The summed E-state index contributed by atoms with van der Waals surface area (Å²) in [4.78, 5) is 10.8. The third-order valence-electron chi connectivity index (χ3n) is 4.47. The fourth-order valence-electron chi connectivity index (χ4n) is 2.95. The van der Waals surface area contributed by atoms with Gasteiger partial charge in [-0.15, -0.1) is 0 Å². The number of nitro benzene ring substituents is 1. The Kier molecular flexibility index (Phi) is 5.41. The minimum atomic E-state index is -0.434. The number of aryl methyl sites for hydroxylation is 1. The monoisotopic (exact) mass is 363 g/mol. The van der Waals surface area contributed by atoms with Crippen LogP contribution in [0.4, 0.5) is 5.69 Å². The molecule has 0 heterocycles. The average Bonchev–Trinajstić information content (AvgIpc) is 2.65. The van der Waals surface area contributed by atoms with Gasteiger partial charge in [-0.2, -0.15) is 0 Å². The summed E-state index contributed by atoms with van der Waals surface area (Å²) in [6, 6.07) is 19.7. The molecule has 5 nitrogen and oxygen atoms in total. The Balaban J connectivity index is 1.72. The summed E-state index contributed by atoms with van der Waals surface area (Å²) in [5, 5.41) is 20.6. The van der Waals surface area contributed by atoms with Gasteiger partial charge in [-0.3, -0.25) is 10.1 Å². The Labute approximate surface area is 158 Å². The van der Waals surface area contributed by atoms with Crippen molar-refractivity contribution in [3.8, 4) is 17.2 Å². The second-order valence-corrected chi connectivity index (χ2v) is 6.67. The van der Waals surface area contributed by atoms with E-state index >= 15 is 0 Å². The lowest BCUT2D eigenvalue weighted by Gasteiger charge is -2.13. The standard InChI is InChI=1S/C22H21NO4/c1-15-3-12-22(21(13-15)23(25)26)27-20-10-6-18(7-11-20)16(2)14-17-4-8-19(24)9-5-17/h3-13,16,24H,14H2,1-2H3. The maximum absolute atomic E-state index is 11.2. The molecule has 5 heteroatoms. The first-order chi connectivity index (χ1) is 12.9. The van der Waals surface area contributed by atoms with Crippen LogP contribution in [0.3, 0.4) is 0 Å². The summed E-state index contributed by atoms with van der Waals surface area (Å²) in [6.07, 6.45) is 0.851. The number of hydrogen-bond acceptors (Lipinski definition) is 4. The van der Waals surface area contributed by atoms with Crippen molar-refractivity contribution in [2.75, 3.05) is 0 Å². The van der Waals surface area contributed by atoms with Crippen LogP contribution in [0.1, 0.15) is 29.5 Å². The van der Waals surface area contributed by atoms with E-state index in [1.54, 1.807) is 31.2 Å². The van der Waals surface area contributed by atoms with Gasteiger partial charge in [-0.05, 0) is 66.3 Å². The highest BCUT2D eigenvalue weighted by Crippen LogP contribution is 2.33. The summed E-state index contributed by atoms with van der Waals surface area (Å²) in [5.74, 6) is 1.34. The van der Waals surface area contributed by atoms with Gasteiger partial charge in [0.15, 0.2) is 0 Å². The molecule has 0 bridgehead atoms. The molecule has 0 saturated carbocycles. The number of phenols is 1. The summed E-state index contributed by atoms with van der Waals surface area (Å²) in [6.45, 7) is 3.94. The number of nitrogens with zero attached hydrogens (tertiary/aromatic N) is 1. The van der Waals surface area contributed by atoms with Crippen molar-refractivity contribution in [2.45, 2.75) is 26.2 Å². The summed E-state index contributed by atoms with van der Waals surface area (Å²) in [5.41, 5.74) is 3.07. The van der Waals surface area contributed by atoms with Gasteiger partial charge in [-0.1, -0.05) is 37.3 Å². The Morgan fingerprint density at radius 1 is 1.04 bits per heavy atom. The number of benzene rings is 3. The van der Waals surface area contributed by atoms with Gasteiger partial charge < -0.3 is 9.84 Å². The van der Waals surface area contributed by atoms with Crippen molar-refractivity contribution in [1.82, 2.24) is 0 Å². The third-order valence-corrected chi connectivity index (χ3v) is 4.47. The van der Waals surface area contributed by atoms with Gasteiger partial charge in [0, 0.05) is 6.07 Å². The maximum Gasteiger partial charge on any atom is 0.311 e. The fraction of sp³-hybridized carbons (Fsp3) is 0.182. The number of rotatable bonds is 6. The lowest BCUT2D eigenvalue weighted by molar-refractivity contribution is -0.385. The first kappa shape index (κ1) is 18.5. The van der Waals surface area contributed by atoms with Crippen molar-refractivity contribution < 1.29 is 14.8 Å². The van der Waals surface area contributed by atoms with E-state index in [1.807, 2.05) is 36.4 Å². The molecule has 1 N–H and O–H groups in total. The van der Waals surface area contributed by atoms with Gasteiger partial charge in [0.05, 0.1) is 4.92 Å². The lowest BCUT2D eigenvalue weighted by Crippen LogP contribution is -1.98. The highest BCUT2D eigenvalue weighted by atomic mass is 16.6. The number of aromatic hydroxyl groups is 1. The van der Waals surface area contributed by atoms with Crippen LogP contribution in [-0.4, -0.2) is 10.0 Å². The van der Waals surface area contributed by atoms with E-state index in [1.165, 1.54) is 6.07 Å². The highest BCUT2D eigenvalue weighted by Gasteiger charge is 2.16. The van der Waals surface area contributed by atoms with Crippen LogP contribution in [0.15, 0.2) is 66.7 Å². The molecule has 3 aromatic carbocycles. The zero-order chi connectivity index (χ0) is 19.4. The minimum Gasteiger partial charge on any atom is -0.508 e. The van der Waals surface area contributed by atoms with Crippen LogP contribution in [-0.2, 0) is 6.42 Å². The molecule has 0 amide bonds. The molecule has 0 aliphatic heterocycles. The van der Waals surface area contributed by atoms with Crippen LogP contribution in [0.2, 0.25) is 0 Å². The highest BCUT2D eigenvalue weighted by molar-refractivity contribution is 5.50. The quantitative estimate of drug-likeness (QED) is 0.447. The molecule has 0 aromatic heterocycles. The van der Waals surface area contributed by atoms with Crippen molar-refractivity contribution in [2.24, 2.45) is 0 Å². The van der Waals surface area contributed by atoms with E-state index in [2.05, 4.69) is 6.92 Å². The van der Waals surface area contributed by atoms with E-state index in [0.717, 1.165) is 23.1 Å². The summed E-state index contributed by atoms with van der Waals surface area (Å²) < 4.78 is 5.72. The SMILES string of the molecule is Cc1ccc(Oc2ccc(C(C)Cc3ccc(O)cc3)cc2)c([N+](=O)[O-])c1. The topological polar surface area (TPSA) is 72.6 Å². The van der Waals surface area contributed by atoms with E-state index in [-0.39, 0.29) is 23.1 Å². The van der Waals surface area contributed by atoms with E-state index in [9.17, 15) is 15.2 Å². The summed E-state index contributed by atoms with van der Waals surface area (Å²) >= 11 is 0. The molecule has 0 saturated heterocycles. The molecule has 138 valence electrons. The Morgan fingerprint density at radius 3 is 2.33 bits per heavy atom. The molecule has 1 atom stereocenters. The normalized spacial score (nSPS) is 11.8. The largest absolute Gasteiger partial charge is 0.508 e. The van der Waals surface area contributed by atoms with Crippen molar-refractivity contribution >= 4 is 5.69 Å². The molecule has 0 aliphatic rings. The Morgan fingerprint density at radius 2 is 1.70 bits per heavy atom. The molecule has 3 aromatic rings. The van der Waals surface area contributed by atoms with Crippen LogP contribution in [0.25, 0.3) is 0 Å². The summed E-state index contributed by atoms with van der Waals surface area (Å²) in [7, 11) is 0. The van der Waals surface area contributed by atoms with E-state index in [4.69, 9.17) is 4.74 Å². The number of nitro groups is 1. The Bertz CT molecular complexity index is 934. The first-order valence-electron chi connectivity index (χ1n) is 8.73. The first-order valence-corrected chi connectivity index (χ1v) is 8.73. The number of ether oxygens (including phenoxy) is 1.